The number of ether oxygens (including phenoxy) is 3. The van der Waals surface area contributed by atoms with Gasteiger partial charge in [0.1, 0.15) is 23.4 Å². The van der Waals surface area contributed by atoms with Gasteiger partial charge in [0.05, 0.1) is 26.2 Å². The number of fused-ring (bicyclic) bond motifs is 1. The van der Waals surface area contributed by atoms with Gasteiger partial charge in [0.2, 0.25) is 6.79 Å². The third-order valence-electron chi connectivity index (χ3n) is 5.59. The summed E-state index contributed by atoms with van der Waals surface area (Å²) in [6.07, 6.45) is 1.66. The Kier molecular flexibility index (Phi) is 4.92. The van der Waals surface area contributed by atoms with Gasteiger partial charge in [-0.1, -0.05) is 0 Å². The van der Waals surface area contributed by atoms with E-state index in [-0.39, 0.29) is 18.8 Å². The highest BCUT2D eigenvalue weighted by molar-refractivity contribution is 7.13. The van der Waals surface area contributed by atoms with Gasteiger partial charge in [-0.05, 0) is 31.0 Å². The van der Waals surface area contributed by atoms with Gasteiger partial charge in [0.25, 0.3) is 5.91 Å². The van der Waals surface area contributed by atoms with Crippen molar-refractivity contribution < 1.29 is 23.9 Å². The number of piperazine rings is 1. The first kappa shape index (κ1) is 17.9. The van der Waals surface area contributed by atoms with Gasteiger partial charge < -0.3 is 24.0 Å². The summed E-state index contributed by atoms with van der Waals surface area (Å²) in [5.74, 6) is 1.75. The van der Waals surface area contributed by atoms with E-state index in [9.17, 15) is 4.79 Å². The van der Waals surface area contributed by atoms with E-state index < -0.39 is 0 Å². The van der Waals surface area contributed by atoms with Gasteiger partial charge in [0.15, 0.2) is 11.5 Å². The summed E-state index contributed by atoms with van der Waals surface area (Å²) in [5.41, 5.74) is 2.16. The molecule has 1 N–H and O–H groups in total. The number of hydrogen-bond acceptors (Lipinski definition) is 6. The molecule has 148 valence electrons. The van der Waals surface area contributed by atoms with E-state index in [1.165, 1.54) is 4.90 Å². The normalized spacial score (nSPS) is 22.0. The van der Waals surface area contributed by atoms with Crippen LogP contribution >= 0.6 is 11.3 Å². The summed E-state index contributed by atoms with van der Waals surface area (Å²) in [6, 6.07) is 5.96. The maximum absolute atomic E-state index is 12.5. The molecule has 7 nitrogen and oxygen atoms in total. The molecule has 2 fully saturated rings. The molecule has 4 heterocycles. The maximum Gasteiger partial charge on any atom is 0.252 e. The van der Waals surface area contributed by atoms with Crippen molar-refractivity contribution in [1.29, 1.82) is 0 Å². The van der Waals surface area contributed by atoms with Crippen LogP contribution in [0.25, 0.3) is 10.6 Å². The molecule has 0 saturated carbocycles. The molecule has 1 amide bonds. The predicted molar refractivity (Wildman–Crippen MR) is 104 cm³/mol. The average Bonchev–Trinajstić information content (AvgIpc) is 3.48. The number of aromatic nitrogens is 1. The Morgan fingerprint density at radius 3 is 2.93 bits per heavy atom. The Morgan fingerprint density at radius 2 is 2.11 bits per heavy atom. The number of nitrogens with zero attached hydrogens (tertiary/aromatic N) is 2. The molecule has 5 rings (SSSR count). The van der Waals surface area contributed by atoms with E-state index in [2.05, 4.69) is 5.38 Å². The molecule has 2 aromatic rings. The molecule has 8 heteroatoms. The molecule has 0 spiro atoms. The highest BCUT2D eigenvalue weighted by atomic mass is 32.1. The second-order valence-electron chi connectivity index (χ2n) is 7.47. The summed E-state index contributed by atoms with van der Waals surface area (Å²) < 4.78 is 16.4. The number of nitrogens with one attached hydrogen (secondary N) is 1. The minimum absolute atomic E-state index is 0.176. The number of rotatable bonds is 4. The molecule has 28 heavy (non-hydrogen) atoms. The monoisotopic (exact) mass is 402 g/mol. The number of amides is 1. The lowest BCUT2D eigenvalue weighted by Crippen LogP contribution is -3.13. The van der Waals surface area contributed by atoms with Crippen LogP contribution in [0.5, 0.6) is 11.5 Å². The SMILES string of the molecule is O=C([C@H]1CCCO1)N1CC[NH+](Cc2csc(-c3ccc4c(c3)OCO4)n2)CC1. The molecule has 2 saturated heterocycles. The second kappa shape index (κ2) is 7.69. The van der Waals surface area contributed by atoms with E-state index in [1.54, 1.807) is 11.3 Å². The molecule has 0 unspecified atom stereocenters. The highest BCUT2D eigenvalue weighted by Gasteiger charge is 2.31. The minimum Gasteiger partial charge on any atom is -0.454 e. The molecule has 3 aliphatic rings. The van der Waals surface area contributed by atoms with E-state index in [0.29, 0.717) is 0 Å². The smallest absolute Gasteiger partial charge is 0.252 e. The molecule has 1 aromatic carbocycles. The van der Waals surface area contributed by atoms with Gasteiger partial charge >= 0.3 is 0 Å². The van der Waals surface area contributed by atoms with Crippen molar-refractivity contribution in [1.82, 2.24) is 9.88 Å². The fourth-order valence-electron chi connectivity index (χ4n) is 4.00. The first-order valence-corrected chi connectivity index (χ1v) is 10.7. The van der Waals surface area contributed by atoms with E-state index >= 15 is 0 Å². The quantitative estimate of drug-likeness (QED) is 0.825. The molecular weight excluding hydrogens is 378 g/mol. The zero-order valence-electron chi connectivity index (χ0n) is 15.7. The molecule has 0 radical (unpaired) electrons. The van der Waals surface area contributed by atoms with Crippen LogP contribution in [-0.4, -0.2) is 61.5 Å². The Balaban J connectivity index is 1.17. The van der Waals surface area contributed by atoms with Crippen molar-refractivity contribution in [2.24, 2.45) is 0 Å². The van der Waals surface area contributed by atoms with Crippen molar-refractivity contribution in [2.45, 2.75) is 25.5 Å². The zero-order chi connectivity index (χ0) is 18.9. The summed E-state index contributed by atoms with van der Waals surface area (Å²) >= 11 is 1.66. The van der Waals surface area contributed by atoms with Crippen LogP contribution in [0.1, 0.15) is 18.5 Å². The largest absolute Gasteiger partial charge is 0.454 e. The van der Waals surface area contributed by atoms with Crippen molar-refractivity contribution >= 4 is 17.2 Å². The fourth-order valence-corrected chi connectivity index (χ4v) is 4.82. The summed E-state index contributed by atoms with van der Waals surface area (Å²) in [7, 11) is 0. The third-order valence-corrected chi connectivity index (χ3v) is 6.53. The molecule has 1 aromatic heterocycles. The minimum atomic E-state index is -0.204. The number of benzene rings is 1. The topological polar surface area (TPSA) is 65.3 Å². The van der Waals surface area contributed by atoms with Crippen molar-refractivity contribution in [3.63, 3.8) is 0 Å². The highest BCUT2D eigenvalue weighted by Crippen LogP contribution is 2.36. The van der Waals surface area contributed by atoms with Gasteiger partial charge in [-0.15, -0.1) is 11.3 Å². The Bertz CT molecular complexity index is 857. The summed E-state index contributed by atoms with van der Waals surface area (Å²) in [5, 5.41) is 3.14. The van der Waals surface area contributed by atoms with E-state index in [4.69, 9.17) is 19.2 Å². The number of carbonyl (C=O) groups is 1. The molecular formula is C20H24N3O4S+. The summed E-state index contributed by atoms with van der Waals surface area (Å²) in [6.45, 7) is 5.40. The van der Waals surface area contributed by atoms with Crippen LogP contribution in [0.4, 0.5) is 0 Å². The van der Waals surface area contributed by atoms with Gasteiger partial charge in [-0.25, -0.2) is 4.98 Å². The van der Waals surface area contributed by atoms with Crippen LogP contribution < -0.4 is 14.4 Å². The van der Waals surface area contributed by atoms with Crippen LogP contribution in [0.15, 0.2) is 23.6 Å². The van der Waals surface area contributed by atoms with E-state index in [0.717, 1.165) is 79.9 Å². The fraction of sp³-hybridized carbons (Fsp3) is 0.500. The van der Waals surface area contributed by atoms with Crippen molar-refractivity contribution in [3.8, 4) is 22.1 Å². The first-order valence-electron chi connectivity index (χ1n) is 9.85. The number of hydrogen-bond donors (Lipinski definition) is 1. The van der Waals surface area contributed by atoms with Crippen LogP contribution in [-0.2, 0) is 16.1 Å². The van der Waals surface area contributed by atoms with Crippen molar-refractivity contribution in [2.75, 3.05) is 39.6 Å². The molecule has 0 bridgehead atoms. The van der Waals surface area contributed by atoms with Crippen molar-refractivity contribution in [3.05, 3.63) is 29.3 Å². The predicted octanol–water partition coefficient (Wildman–Crippen LogP) is 0.945. The number of thiazole rings is 1. The Labute approximate surface area is 167 Å². The third kappa shape index (κ3) is 3.59. The van der Waals surface area contributed by atoms with Crippen LogP contribution in [0, 0.1) is 0 Å². The van der Waals surface area contributed by atoms with Gasteiger partial charge in [-0.2, -0.15) is 0 Å². The molecule has 3 aliphatic heterocycles. The van der Waals surface area contributed by atoms with Crippen LogP contribution in [0.3, 0.4) is 0 Å². The van der Waals surface area contributed by atoms with Gasteiger partial charge in [-0.3, -0.25) is 4.79 Å². The maximum atomic E-state index is 12.5. The van der Waals surface area contributed by atoms with E-state index in [1.807, 2.05) is 23.1 Å². The Morgan fingerprint density at radius 1 is 1.25 bits per heavy atom. The Hall–Kier alpha value is -2.16. The molecule has 0 aliphatic carbocycles. The lowest BCUT2D eigenvalue weighted by atomic mass is 10.2. The van der Waals surface area contributed by atoms with Gasteiger partial charge in [0, 0.05) is 17.6 Å². The summed E-state index contributed by atoms with van der Waals surface area (Å²) in [4.78, 5) is 20.7. The second-order valence-corrected chi connectivity index (χ2v) is 8.32. The lowest BCUT2D eigenvalue weighted by molar-refractivity contribution is -0.917. The molecule has 1 atom stereocenters. The number of carbonyl (C=O) groups excluding carboxylic acids is 1. The lowest BCUT2D eigenvalue weighted by Gasteiger charge is -2.33. The zero-order valence-corrected chi connectivity index (χ0v) is 16.5. The van der Waals surface area contributed by atoms with Crippen LogP contribution in [0.2, 0.25) is 0 Å². The average molecular weight is 402 g/mol. The first-order chi connectivity index (χ1) is 13.8. The number of quaternary nitrogens is 1. The standard InChI is InChI=1S/C20H23N3O4S/c24-20(17-2-1-9-25-17)23-7-5-22(6-8-23)11-15-12-28-19(21-15)14-3-4-16-18(10-14)27-13-26-16/h3-4,10,12,17H,1-2,5-9,11,13H2/p+1/t17-/m1/s1.